The first kappa shape index (κ1) is 26.2. The van der Waals surface area contributed by atoms with Gasteiger partial charge in [0.2, 0.25) is 5.91 Å². The lowest BCUT2D eigenvalue weighted by Crippen LogP contribution is -2.50. The fourth-order valence-corrected chi connectivity index (χ4v) is 5.86. The number of alkyl halides is 3. The van der Waals surface area contributed by atoms with E-state index in [1.54, 1.807) is 6.07 Å². The van der Waals surface area contributed by atoms with Crippen LogP contribution in [0.25, 0.3) is 0 Å². The number of piperazine rings is 1. The Kier molecular flexibility index (Phi) is 8.28. The molecule has 4 nitrogen and oxygen atoms in total. The smallest absolute Gasteiger partial charge is 0.300 e. The van der Waals surface area contributed by atoms with E-state index in [0.717, 1.165) is 43.2 Å². The summed E-state index contributed by atoms with van der Waals surface area (Å²) in [5, 5.41) is 0. The maximum Gasteiger partial charge on any atom is 0.416 e. The van der Waals surface area contributed by atoms with E-state index in [2.05, 4.69) is 9.80 Å². The van der Waals surface area contributed by atoms with Gasteiger partial charge < -0.3 is 0 Å². The molecule has 1 atom stereocenters. The SMILES string of the molecule is Cl.Cl.O=C(CCN1CCN2CCC[C@H]2C1)N1c2ccccc2Sc2ccc(C(F)(F)F)cc21. The van der Waals surface area contributed by atoms with Gasteiger partial charge in [-0.15, -0.1) is 24.8 Å². The maximum absolute atomic E-state index is 13.4. The fraction of sp³-hybridized carbons (Fsp3) is 0.435. The molecule has 0 bridgehead atoms. The van der Waals surface area contributed by atoms with E-state index in [-0.39, 0.29) is 37.1 Å². The first-order valence-corrected chi connectivity index (χ1v) is 11.5. The van der Waals surface area contributed by atoms with E-state index in [4.69, 9.17) is 0 Å². The van der Waals surface area contributed by atoms with E-state index < -0.39 is 11.7 Å². The predicted molar refractivity (Wildman–Crippen MR) is 129 cm³/mol. The lowest BCUT2D eigenvalue weighted by atomic mass is 10.1. The molecule has 0 aliphatic carbocycles. The molecule has 0 radical (unpaired) electrons. The third kappa shape index (κ3) is 5.30. The molecule has 5 rings (SSSR count). The number of amides is 1. The number of hydrogen-bond donors (Lipinski definition) is 0. The number of fused-ring (bicyclic) bond motifs is 3. The third-order valence-corrected chi connectivity index (χ3v) is 7.55. The zero-order valence-electron chi connectivity index (χ0n) is 17.9. The quantitative estimate of drug-likeness (QED) is 0.508. The van der Waals surface area contributed by atoms with Crippen LogP contribution in [0.4, 0.5) is 24.5 Å². The summed E-state index contributed by atoms with van der Waals surface area (Å²) in [4.78, 5) is 21.2. The highest BCUT2D eigenvalue weighted by atomic mass is 35.5. The molecule has 1 amide bonds. The Morgan fingerprint density at radius 2 is 1.76 bits per heavy atom. The third-order valence-electron chi connectivity index (χ3n) is 6.42. The van der Waals surface area contributed by atoms with Gasteiger partial charge >= 0.3 is 6.18 Å². The second-order valence-electron chi connectivity index (χ2n) is 8.36. The van der Waals surface area contributed by atoms with Crippen molar-refractivity contribution in [1.82, 2.24) is 9.80 Å². The summed E-state index contributed by atoms with van der Waals surface area (Å²) in [7, 11) is 0. The van der Waals surface area contributed by atoms with Gasteiger partial charge in [0, 0.05) is 48.4 Å². The Balaban J connectivity index is 0.00000153. The van der Waals surface area contributed by atoms with Gasteiger partial charge in [0.25, 0.3) is 0 Å². The second kappa shape index (κ2) is 10.4. The molecule has 2 aromatic carbocycles. The normalized spacial score (nSPS) is 20.2. The Hall–Kier alpha value is -1.45. The predicted octanol–water partition coefficient (Wildman–Crippen LogP) is 5.85. The van der Waals surface area contributed by atoms with Crippen molar-refractivity contribution in [2.45, 2.75) is 41.3 Å². The summed E-state index contributed by atoms with van der Waals surface area (Å²) >= 11 is 1.40. The number of hydrogen-bond acceptors (Lipinski definition) is 4. The fourth-order valence-electron chi connectivity index (χ4n) is 4.82. The minimum atomic E-state index is -4.45. The lowest BCUT2D eigenvalue weighted by Gasteiger charge is -2.38. The molecule has 2 fully saturated rings. The standard InChI is InChI=1S/C23H24F3N3OS.2ClH/c24-23(25,26)16-7-8-21-19(14-16)29(18-5-1-2-6-20(18)31-21)22(30)9-11-27-12-13-28-10-3-4-17(28)15-27;;/h1-2,5-8,14,17H,3-4,9-13,15H2;2*1H/t17-;;/m0../s1. The molecule has 10 heteroatoms. The van der Waals surface area contributed by atoms with Crippen molar-refractivity contribution in [3.8, 4) is 0 Å². The first-order chi connectivity index (χ1) is 14.9. The molecular weight excluding hydrogens is 494 g/mol. The second-order valence-corrected chi connectivity index (χ2v) is 9.45. The van der Waals surface area contributed by atoms with Crippen molar-refractivity contribution in [3.05, 3.63) is 48.0 Å². The molecule has 2 saturated heterocycles. The number of carbonyl (C=O) groups excluding carboxylic acids is 1. The summed E-state index contributed by atoms with van der Waals surface area (Å²) in [5.74, 6) is -0.165. The largest absolute Gasteiger partial charge is 0.416 e. The zero-order valence-corrected chi connectivity index (χ0v) is 20.3. The van der Waals surface area contributed by atoms with Crippen molar-refractivity contribution >= 4 is 53.9 Å². The zero-order chi connectivity index (χ0) is 21.6. The van der Waals surface area contributed by atoms with Crippen molar-refractivity contribution in [2.75, 3.05) is 37.6 Å². The van der Waals surface area contributed by atoms with Crippen LogP contribution < -0.4 is 4.90 Å². The van der Waals surface area contributed by atoms with Crippen LogP contribution in [-0.4, -0.2) is 54.5 Å². The van der Waals surface area contributed by atoms with Gasteiger partial charge in [0.05, 0.1) is 16.9 Å². The van der Waals surface area contributed by atoms with E-state index in [9.17, 15) is 18.0 Å². The number of para-hydroxylation sites is 1. The van der Waals surface area contributed by atoms with E-state index in [1.165, 1.54) is 35.6 Å². The molecule has 0 aromatic heterocycles. The summed E-state index contributed by atoms with van der Waals surface area (Å²) in [6.07, 6.45) is -1.74. The van der Waals surface area contributed by atoms with Gasteiger partial charge in [0.15, 0.2) is 0 Å². The van der Waals surface area contributed by atoms with Crippen molar-refractivity contribution < 1.29 is 18.0 Å². The minimum absolute atomic E-state index is 0. The highest BCUT2D eigenvalue weighted by Gasteiger charge is 2.35. The van der Waals surface area contributed by atoms with Gasteiger partial charge in [-0.2, -0.15) is 13.2 Å². The molecule has 0 spiro atoms. The lowest BCUT2D eigenvalue weighted by molar-refractivity contribution is -0.137. The Morgan fingerprint density at radius 3 is 2.55 bits per heavy atom. The Bertz CT molecular complexity index is 1010. The number of halogens is 5. The molecule has 180 valence electrons. The topological polar surface area (TPSA) is 26.8 Å². The number of benzene rings is 2. The van der Waals surface area contributed by atoms with Crippen LogP contribution in [0.1, 0.15) is 24.8 Å². The molecule has 0 saturated carbocycles. The van der Waals surface area contributed by atoms with E-state index in [0.29, 0.717) is 28.9 Å². The van der Waals surface area contributed by atoms with Crippen LogP contribution in [0, 0.1) is 0 Å². The molecule has 0 unspecified atom stereocenters. The van der Waals surface area contributed by atoms with Gasteiger partial charge in [-0.1, -0.05) is 23.9 Å². The highest BCUT2D eigenvalue weighted by molar-refractivity contribution is 7.99. The van der Waals surface area contributed by atoms with Crippen molar-refractivity contribution in [1.29, 1.82) is 0 Å². The Labute approximate surface area is 208 Å². The molecule has 0 N–H and O–H groups in total. The monoisotopic (exact) mass is 519 g/mol. The van der Waals surface area contributed by atoms with Crippen LogP contribution in [0.2, 0.25) is 0 Å². The van der Waals surface area contributed by atoms with Crippen molar-refractivity contribution in [2.24, 2.45) is 0 Å². The van der Waals surface area contributed by atoms with E-state index >= 15 is 0 Å². The van der Waals surface area contributed by atoms with Gasteiger partial charge in [-0.3, -0.25) is 19.5 Å². The van der Waals surface area contributed by atoms with Crippen LogP contribution in [0.15, 0.2) is 52.3 Å². The van der Waals surface area contributed by atoms with Gasteiger partial charge in [-0.25, -0.2) is 0 Å². The first-order valence-electron chi connectivity index (χ1n) is 10.7. The Morgan fingerprint density at radius 1 is 1.00 bits per heavy atom. The molecular formula is C23H26Cl2F3N3OS. The number of rotatable bonds is 3. The van der Waals surface area contributed by atoms with Crippen LogP contribution >= 0.6 is 36.6 Å². The molecule has 33 heavy (non-hydrogen) atoms. The minimum Gasteiger partial charge on any atom is -0.300 e. The summed E-state index contributed by atoms with van der Waals surface area (Å²) in [6.45, 7) is 4.72. The van der Waals surface area contributed by atoms with Crippen molar-refractivity contribution in [3.63, 3.8) is 0 Å². The van der Waals surface area contributed by atoms with Crippen LogP contribution in [-0.2, 0) is 11.0 Å². The summed E-state index contributed by atoms with van der Waals surface area (Å²) in [6, 6.07) is 11.6. The summed E-state index contributed by atoms with van der Waals surface area (Å²) < 4.78 is 40.1. The molecule has 2 aromatic rings. The molecule has 3 aliphatic rings. The van der Waals surface area contributed by atoms with E-state index in [1.807, 2.05) is 18.2 Å². The average Bonchev–Trinajstić information content (AvgIpc) is 3.22. The number of carbonyl (C=O) groups is 1. The number of anilines is 2. The van der Waals surface area contributed by atoms with Crippen LogP contribution in [0.5, 0.6) is 0 Å². The van der Waals surface area contributed by atoms with Gasteiger partial charge in [-0.05, 0) is 49.7 Å². The van der Waals surface area contributed by atoms with Gasteiger partial charge in [0.1, 0.15) is 0 Å². The summed E-state index contributed by atoms with van der Waals surface area (Å²) in [5.41, 5.74) is 0.246. The number of nitrogens with zero attached hydrogens (tertiary/aromatic N) is 3. The molecule has 3 aliphatic heterocycles. The molecule has 3 heterocycles. The highest BCUT2D eigenvalue weighted by Crippen LogP contribution is 2.49. The maximum atomic E-state index is 13.4. The average molecular weight is 520 g/mol. The van der Waals surface area contributed by atoms with Crippen LogP contribution in [0.3, 0.4) is 0 Å².